The highest BCUT2D eigenvalue weighted by atomic mass is 16.5. The van der Waals surface area contributed by atoms with Gasteiger partial charge in [-0.2, -0.15) is 0 Å². The molecule has 13 heavy (non-hydrogen) atoms. The number of hydrogen-bond acceptors (Lipinski definition) is 2. The zero-order valence-electron chi connectivity index (χ0n) is 9.05. The van der Waals surface area contributed by atoms with E-state index in [0.717, 1.165) is 18.7 Å². The van der Waals surface area contributed by atoms with Crippen molar-refractivity contribution in [3.63, 3.8) is 0 Å². The zero-order chi connectivity index (χ0) is 9.47. The topological polar surface area (TPSA) is 12.5 Å². The van der Waals surface area contributed by atoms with Gasteiger partial charge in [0.05, 0.1) is 12.3 Å². The van der Waals surface area contributed by atoms with Crippen LogP contribution in [0, 0.1) is 5.92 Å². The second-order valence-electron chi connectivity index (χ2n) is 5.09. The highest BCUT2D eigenvalue weighted by Crippen LogP contribution is 2.40. The summed E-state index contributed by atoms with van der Waals surface area (Å²) in [6.07, 6.45) is 5.51. The van der Waals surface area contributed by atoms with Crippen molar-refractivity contribution >= 4 is 0 Å². The van der Waals surface area contributed by atoms with Gasteiger partial charge in [-0.3, -0.25) is 4.90 Å². The molecule has 0 spiro atoms. The molecule has 1 aliphatic heterocycles. The van der Waals surface area contributed by atoms with Crippen molar-refractivity contribution in [2.75, 3.05) is 13.8 Å². The monoisotopic (exact) mass is 183 g/mol. The van der Waals surface area contributed by atoms with Crippen LogP contribution >= 0.6 is 0 Å². The summed E-state index contributed by atoms with van der Waals surface area (Å²) in [4.78, 5) is 2.38. The molecule has 0 aromatic heterocycles. The molecule has 0 aromatic rings. The zero-order valence-corrected chi connectivity index (χ0v) is 9.05. The molecule has 0 amide bonds. The van der Waals surface area contributed by atoms with Crippen molar-refractivity contribution in [1.29, 1.82) is 0 Å². The molecule has 0 aromatic carbocycles. The fourth-order valence-electron chi connectivity index (χ4n) is 2.92. The Balaban J connectivity index is 2.14. The highest BCUT2D eigenvalue weighted by molar-refractivity contribution is 4.94. The van der Waals surface area contributed by atoms with E-state index in [4.69, 9.17) is 4.74 Å². The van der Waals surface area contributed by atoms with Crippen LogP contribution in [0.25, 0.3) is 0 Å². The van der Waals surface area contributed by atoms with E-state index < -0.39 is 0 Å². The Labute approximate surface area is 81.3 Å². The number of ether oxygens (including phenoxy) is 1. The van der Waals surface area contributed by atoms with Crippen LogP contribution in [0.5, 0.6) is 0 Å². The van der Waals surface area contributed by atoms with Gasteiger partial charge in [-0.05, 0) is 33.7 Å². The van der Waals surface area contributed by atoms with Crippen LogP contribution in [0.4, 0.5) is 0 Å². The number of rotatable bonds is 0. The maximum atomic E-state index is 5.87. The van der Waals surface area contributed by atoms with Crippen molar-refractivity contribution in [2.45, 2.75) is 51.2 Å². The molecule has 0 bridgehead atoms. The first-order chi connectivity index (χ1) is 6.11. The Morgan fingerprint density at radius 2 is 1.92 bits per heavy atom. The maximum absolute atomic E-state index is 5.87. The first kappa shape index (κ1) is 9.47. The molecule has 76 valence electrons. The third-order valence-electron chi connectivity index (χ3n) is 3.83. The normalized spacial score (nSPS) is 39.9. The predicted molar refractivity (Wildman–Crippen MR) is 53.5 cm³/mol. The lowest BCUT2D eigenvalue weighted by Crippen LogP contribution is -2.56. The Bertz CT molecular complexity index is 191. The first-order valence-electron chi connectivity index (χ1n) is 5.45. The summed E-state index contributed by atoms with van der Waals surface area (Å²) in [7, 11) is 2.19. The second kappa shape index (κ2) is 3.25. The van der Waals surface area contributed by atoms with E-state index in [1.165, 1.54) is 25.7 Å². The van der Waals surface area contributed by atoms with Crippen LogP contribution in [0.15, 0.2) is 0 Å². The van der Waals surface area contributed by atoms with Gasteiger partial charge in [-0.15, -0.1) is 0 Å². The van der Waals surface area contributed by atoms with Crippen LogP contribution in [-0.2, 0) is 4.74 Å². The summed E-state index contributed by atoms with van der Waals surface area (Å²) in [6, 6.07) is 0.775. The molecule has 2 nitrogen and oxygen atoms in total. The van der Waals surface area contributed by atoms with Gasteiger partial charge in [-0.1, -0.05) is 12.8 Å². The summed E-state index contributed by atoms with van der Waals surface area (Å²) in [5.74, 6) is 0.750. The van der Waals surface area contributed by atoms with E-state index in [9.17, 15) is 0 Å². The van der Waals surface area contributed by atoms with Gasteiger partial charge in [0, 0.05) is 12.0 Å². The van der Waals surface area contributed by atoms with E-state index >= 15 is 0 Å². The lowest BCUT2D eigenvalue weighted by Gasteiger charge is -2.50. The minimum Gasteiger partial charge on any atom is -0.360 e. The van der Waals surface area contributed by atoms with Gasteiger partial charge < -0.3 is 4.74 Å². The van der Waals surface area contributed by atoms with E-state index in [2.05, 4.69) is 25.8 Å². The van der Waals surface area contributed by atoms with E-state index in [1.807, 2.05) is 0 Å². The van der Waals surface area contributed by atoms with Crippen LogP contribution in [-0.4, -0.2) is 30.3 Å². The van der Waals surface area contributed by atoms with Gasteiger partial charge in [0.25, 0.3) is 0 Å². The number of hydrogen-bond donors (Lipinski definition) is 0. The van der Waals surface area contributed by atoms with Crippen molar-refractivity contribution in [3.8, 4) is 0 Å². The average molecular weight is 183 g/mol. The Morgan fingerprint density at radius 1 is 1.23 bits per heavy atom. The summed E-state index contributed by atoms with van der Waals surface area (Å²) in [6.45, 7) is 5.32. The summed E-state index contributed by atoms with van der Waals surface area (Å²) < 4.78 is 5.87. The third-order valence-corrected chi connectivity index (χ3v) is 3.83. The van der Waals surface area contributed by atoms with Crippen LogP contribution in [0.3, 0.4) is 0 Å². The van der Waals surface area contributed by atoms with Crippen LogP contribution in [0.1, 0.15) is 39.5 Å². The lowest BCUT2D eigenvalue weighted by molar-refractivity contribution is -0.182. The fraction of sp³-hybridized carbons (Fsp3) is 1.00. The first-order valence-corrected chi connectivity index (χ1v) is 5.45. The summed E-state index contributed by atoms with van der Waals surface area (Å²) >= 11 is 0. The largest absolute Gasteiger partial charge is 0.360 e. The molecule has 1 saturated heterocycles. The van der Waals surface area contributed by atoms with Crippen LogP contribution < -0.4 is 0 Å². The smallest absolute Gasteiger partial charge is 0.0997 e. The molecule has 2 rings (SSSR count). The van der Waals surface area contributed by atoms with E-state index in [0.29, 0.717) is 0 Å². The minimum absolute atomic E-state index is 0.109. The molecule has 2 unspecified atom stereocenters. The molecular weight excluding hydrogens is 162 g/mol. The molecule has 1 aliphatic carbocycles. The van der Waals surface area contributed by atoms with E-state index in [-0.39, 0.29) is 5.60 Å². The standard InChI is InChI=1S/C11H21NO/c1-11(2)9-6-4-5-7-10(9)12(3)8-13-11/h9-10H,4-8H2,1-3H3. The SMILES string of the molecule is CN1COC(C)(C)C2CCCCC21. The maximum Gasteiger partial charge on any atom is 0.0997 e. The molecule has 1 heterocycles. The average Bonchev–Trinajstić information content (AvgIpc) is 2.13. The molecule has 2 atom stereocenters. The molecule has 1 saturated carbocycles. The number of fused-ring (bicyclic) bond motifs is 1. The molecule has 2 aliphatic rings. The van der Waals surface area contributed by atoms with Crippen LogP contribution in [0.2, 0.25) is 0 Å². The van der Waals surface area contributed by atoms with Gasteiger partial charge in [0.2, 0.25) is 0 Å². The van der Waals surface area contributed by atoms with Gasteiger partial charge in [0.15, 0.2) is 0 Å². The van der Waals surface area contributed by atoms with Gasteiger partial charge in [0.1, 0.15) is 0 Å². The van der Waals surface area contributed by atoms with Crippen molar-refractivity contribution in [3.05, 3.63) is 0 Å². The molecule has 0 N–H and O–H groups in total. The quantitative estimate of drug-likeness (QED) is 0.571. The van der Waals surface area contributed by atoms with Crippen molar-refractivity contribution < 1.29 is 4.74 Å². The highest BCUT2D eigenvalue weighted by Gasteiger charge is 2.43. The van der Waals surface area contributed by atoms with Gasteiger partial charge >= 0.3 is 0 Å². The molecule has 2 heteroatoms. The summed E-state index contributed by atoms with van der Waals surface area (Å²) in [5, 5.41) is 0. The number of nitrogens with zero attached hydrogens (tertiary/aromatic N) is 1. The Morgan fingerprint density at radius 3 is 2.62 bits per heavy atom. The van der Waals surface area contributed by atoms with Gasteiger partial charge in [-0.25, -0.2) is 0 Å². The van der Waals surface area contributed by atoms with Crippen molar-refractivity contribution in [1.82, 2.24) is 4.90 Å². The molecule has 2 fully saturated rings. The molecular formula is C11H21NO. The predicted octanol–water partition coefficient (Wildman–Crippen LogP) is 2.24. The lowest BCUT2D eigenvalue weighted by atomic mass is 9.74. The minimum atomic E-state index is 0.109. The molecule has 0 radical (unpaired) electrons. The van der Waals surface area contributed by atoms with Crippen molar-refractivity contribution in [2.24, 2.45) is 5.92 Å². The third kappa shape index (κ3) is 1.62. The second-order valence-corrected chi connectivity index (χ2v) is 5.09. The Kier molecular flexibility index (Phi) is 2.37. The Hall–Kier alpha value is -0.0800. The summed E-state index contributed by atoms with van der Waals surface area (Å²) in [5.41, 5.74) is 0.109. The van der Waals surface area contributed by atoms with E-state index in [1.54, 1.807) is 0 Å². The fourth-order valence-corrected chi connectivity index (χ4v) is 2.92.